The van der Waals surface area contributed by atoms with Gasteiger partial charge in [0.2, 0.25) is 10.0 Å². The SMILES string of the molecule is CCC(C)NS(=O)(=O)c1ccc(NC(=O)c2c(F)cccc2F)cc1. The normalized spacial score (nSPS) is 12.6. The van der Waals surface area contributed by atoms with E-state index >= 15 is 0 Å². The predicted molar refractivity (Wildman–Crippen MR) is 90.8 cm³/mol. The van der Waals surface area contributed by atoms with Gasteiger partial charge < -0.3 is 5.32 Å². The molecule has 1 amide bonds. The van der Waals surface area contributed by atoms with Gasteiger partial charge in [0.25, 0.3) is 5.91 Å². The molecular formula is C17H18F2N2O3S. The molecule has 25 heavy (non-hydrogen) atoms. The highest BCUT2D eigenvalue weighted by molar-refractivity contribution is 7.89. The Balaban J connectivity index is 2.17. The molecule has 5 nitrogen and oxygen atoms in total. The second kappa shape index (κ2) is 7.71. The van der Waals surface area contributed by atoms with Crippen LogP contribution in [0.5, 0.6) is 0 Å². The predicted octanol–water partition coefficient (Wildman–Crippen LogP) is 3.29. The highest BCUT2D eigenvalue weighted by Gasteiger charge is 2.19. The Hall–Kier alpha value is -2.32. The van der Waals surface area contributed by atoms with Gasteiger partial charge in [-0.25, -0.2) is 21.9 Å². The monoisotopic (exact) mass is 368 g/mol. The van der Waals surface area contributed by atoms with Crippen molar-refractivity contribution in [2.45, 2.75) is 31.2 Å². The largest absolute Gasteiger partial charge is 0.322 e. The van der Waals surface area contributed by atoms with E-state index in [1.807, 2.05) is 6.92 Å². The summed E-state index contributed by atoms with van der Waals surface area (Å²) in [5, 5.41) is 2.34. The van der Waals surface area contributed by atoms with Crippen LogP contribution < -0.4 is 10.0 Å². The number of rotatable bonds is 6. The molecule has 0 radical (unpaired) electrons. The van der Waals surface area contributed by atoms with Gasteiger partial charge >= 0.3 is 0 Å². The molecule has 1 unspecified atom stereocenters. The number of hydrogen-bond acceptors (Lipinski definition) is 3. The molecule has 1 atom stereocenters. The third-order valence-corrected chi connectivity index (χ3v) is 5.19. The van der Waals surface area contributed by atoms with Crippen molar-refractivity contribution in [2.75, 3.05) is 5.32 Å². The quantitative estimate of drug-likeness (QED) is 0.822. The van der Waals surface area contributed by atoms with E-state index in [4.69, 9.17) is 0 Å². The minimum Gasteiger partial charge on any atom is -0.322 e. The van der Waals surface area contributed by atoms with Crippen LogP contribution in [0.25, 0.3) is 0 Å². The summed E-state index contributed by atoms with van der Waals surface area (Å²) in [5.41, 5.74) is -0.479. The molecule has 0 bridgehead atoms. The fourth-order valence-electron chi connectivity index (χ4n) is 2.04. The summed E-state index contributed by atoms with van der Waals surface area (Å²) in [6, 6.07) is 8.21. The zero-order chi connectivity index (χ0) is 18.6. The molecule has 0 aliphatic carbocycles. The van der Waals surface area contributed by atoms with Crippen molar-refractivity contribution < 1.29 is 22.0 Å². The average molecular weight is 368 g/mol. The van der Waals surface area contributed by atoms with E-state index in [1.165, 1.54) is 24.3 Å². The fourth-order valence-corrected chi connectivity index (χ4v) is 3.37. The van der Waals surface area contributed by atoms with Crippen molar-refractivity contribution in [2.24, 2.45) is 0 Å². The van der Waals surface area contributed by atoms with Crippen LogP contribution >= 0.6 is 0 Å². The van der Waals surface area contributed by atoms with Gasteiger partial charge in [-0.15, -0.1) is 0 Å². The van der Waals surface area contributed by atoms with Crippen LogP contribution in [-0.4, -0.2) is 20.4 Å². The summed E-state index contributed by atoms with van der Waals surface area (Å²) in [6.07, 6.45) is 0.640. The Labute approximate surface area is 145 Å². The van der Waals surface area contributed by atoms with Crippen molar-refractivity contribution in [1.82, 2.24) is 4.72 Å². The van der Waals surface area contributed by atoms with Crippen LogP contribution in [0.15, 0.2) is 47.4 Å². The maximum absolute atomic E-state index is 13.6. The van der Waals surface area contributed by atoms with Crippen LogP contribution in [0.1, 0.15) is 30.6 Å². The van der Waals surface area contributed by atoms with E-state index in [0.29, 0.717) is 6.42 Å². The number of nitrogens with one attached hydrogen (secondary N) is 2. The molecule has 134 valence electrons. The van der Waals surface area contributed by atoms with Crippen molar-refractivity contribution in [1.29, 1.82) is 0 Å². The van der Waals surface area contributed by atoms with Crippen molar-refractivity contribution in [3.05, 3.63) is 59.7 Å². The Kier molecular flexibility index (Phi) is 5.86. The molecule has 0 aromatic heterocycles. The first-order chi connectivity index (χ1) is 11.7. The molecule has 0 aliphatic heterocycles. The number of carbonyl (C=O) groups is 1. The smallest absolute Gasteiger partial charge is 0.261 e. The molecule has 2 aromatic carbocycles. The number of anilines is 1. The molecule has 0 heterocycles. The standard InChI is InChI=1S/C17H18F2N2O3S/c1-3-11(2)21-25(23,24)13-9-7-12(8-10-13)20-17(22)16-14(18)5-4-6-15(16)19/h4-11,21H,3H2,1-2H3,(H,20,22). The van der Waals surface area contributed by atoms with E-state index in [-0.39, 0.29) is 16.6 Å². The number of hydrogen-bond donors (Lipinski definition) is 2. The highest BCUT2D eigenvalue weighted by Crippen LogP contribution is 2.18. The second-order valence-electron chi connectivity index (χ2n) is 5.51. The first-order valence-corrected chi connectivity index (χ1v) is 9.10. The topological polar surface area (TPSA) is 75.3 Å². The number of carbonyl (C=O) groups excluding carboxylic acids is 1. The first kappa shape index (κ1) is 19.0. The van der Waals surface area contributed by atoms with Crippen LogP contribution in [0.4, 0.5) is 14.5 Å². The lowest BCUT2D eigenvalue weighted by Gasteiger charge is -2.12. The van der Waals surface area contributed by atoms with Crippen LogP contribution in [0, 0.1) is 11.6 Å². The zero-order valence-corrected chi connectivity index (χ0v) is 14.5. The summed E-state index contributed by atoms with van der Waals surface area (Å²) < 4.78 is 54.0. The van der Waals surface area contributed by atoms with E-state index in [0.717, 1.165) is 18.2 Å². The Morgan fingerprint density at radius 2 is 1.64 bits per heavy atom. The molecule has 0 aliphatic rings. The van der Waals surface area contributed by atoms with Gasteiger partial charge in [0.05, 0.1) is 4.90 Å². The van der Waals surface area contributed by atoms with Crippen molar-refractivity contribution in [3.63, 3.8) is 0 Å². The van der Waals surface area contributed by atoms with E-state index < -0.39 is 33.1 Å². The van der Waals surface area contributed by atoms with E-state index in [1.54, 1.807) is 6.92 Å². The lowest BCUT2D eigenvalue weighted by atomic mass is 10.2. The van der Waals surface area contributed by atoms with E-state index in [2.05, 4.69) is 10.0 Å². The van der Waals surface area contributed by atoms with Crippen LogP contribution in [0.3, 0.4) is 0 Å². The van der Waals surface area contributed by atoms with Crippen LogP contribution in [0.2, 0.25) is 0 Å². The number of sulfonamides is 1. The molecule has 0 spiro atoms. The number of halogens is 2. The van der Waals surface area contributed by atoms with Crippen molar-refractivity contribution in [3.8, 4) is 0 Å². The summed E-state index contributed by atoms with van der Waals surface area (Å²) >= 11 is 0. The summed E-state index contributed by atoms with van der Waals surface area (Å²) in [6.45, 7) is 3.60. The first-order valence-electron chi connectivity index (χ1n) is 7.62. The van der Waals surface area contributed by atoms with E-state index in [9.17, 15) is 22.0 Å². The average Bonchev–Trinajstić information content (AvgIpc) is 2.54. The second-order valence-corrected chi connectivity index (χ2v) is 7.22. The highest BCUT2D eigenvalue weighted by atomic mass is 32.2. The maximum Gasteiger partial charge on any atom is 0.261 e. The lowest BCUT2D eigenvalue weighted by molar-refractivity contribution is 0.101. The molecule has 0 saturated carbocycles. The Morgan fingerprint density at radius 1 is 1.08 bits per heavy atom. The molecule has 0 fully saturated rings. The Bertz CT molecular complexity index is 848. The number of amides is 1. The summed E-state index contributed by atoms with van der Waals surface area (Å²) in [4.78, 5) is 12.0. The third-order valence-electron chi connectivity index (χ3n) is 3.58. The van der Waals surface area contributed by atoms with Gasteiger partial charge in [-0.1, -0.05) is 13.0 Å². The summed E-state index contributed by atoms with van der Waals surface area (Å²) in [7, 11) is -3.67. The lowest BCUT2D eigenvalue weighted by Crippen LogP contribution is -2.31. The third kappa shape index (κ3) is 4.61. The molecule has 0 saturated heterocycles. The number of benzene rings is 2. The molecular weight excluding hydrogens is 350 g/mol. The van der Waals surface area contributed by atoms with Gasteiger partial charge in [0.1, 0.15) is 17.2 Å². The molecule has 8 heteroatoms. The molecule has 2 aromatic rings. The van der Waals surface area contributed by atoms with Gasteiger partial charge in [0.15, 0.2) is 0 Å². The minimum absolute atomic E-state index is 0.0304. The van der Waals surface area contributed by atoms with Gasteiger partial charge in [-0.2, -0.15) is 0 Å². The summed E-state index contributed by atoms with van der Waals surface area (Å²) in [5.74, 6) is -2.91. The van der Waals surface area contributed by atoms with Gasteiger partial charge in [-0.3, -0.25) is 4.79 Å². The fraction of sp³-hybridized carbons (Fsp3) is 0.235. The van der Waals surface area contributed by atoms with Gasteiger partial charge in [0, 0.05) is 11.7 Å². The minimum atomic E-state index is -3.67. The van der Waals surface area contributed by atoms with Gasteiger partial charge in [-0.05, 0) is 49.7 Å². The molecule has 2 N–H and O–H groups in total. The zero-order valence-electron chi connectivity index (χ0n) is 13.7. The molecule has 2 rings (SSSR count). The van der Waals surface area contributed by atoms with Crippen molar-refractivity contribution >= 4 is 21.6 Å². The maximum atomic E-state index is 13.6. The van der Waals surface area contributed by atoms with Crippen LogP contribution in [-0.2, 0) is 10.0 Å². The Morgan fingerprint density at radius 3 is 2.16 bits per heavy atom.